The van der Waals surface area contributed by atoms with Crippen molar-refractivity contribution in [1.82, 2.24) is 0 Å². The number of hydrogen-bond acceptors (Lipinski definition) is 0. The molecule has 0 atom stereocenters. The fraction of sp³-hybridized carbons (Fsp3) is 0.167. The Kier molecular flexibility index (Phi) is 12.4. The molecular weight excluding hydrogens is 721 g/mol. The topological polar surface area (TPSA) is 0 Å². The minimum Gasteiger partial charge on any atom is -0.0616 e. The summed E-state index contributed by atoms with van der Waals surface area (Å²) in [6.45, 7) is 21.1. The van der Waals surface area contributed by atoms with Crippen molar-refractivity contribution in [3.05, 3.63) is 239 Å². The fourth-order valence-corrected chi connectivity index (χ4v) is 8.85. The molecule has 0 N–H and O–H groups in total. The van der Waals surface area contributed by atoms with Gasteiger partial charge in [0.1, 0.15) is 0 Å². The zero-order chi connectivity index (χ0) is 41.6. The third-order valence-corrected chi connectivity index (χ3v) is 12.0. The Hall–Kier alpha value is -6.24. The van der Waals surface area contributed by atoms with E-state index in [1.807, 2.05) is 0 Å². The van der Waals surface area contributed by atoms with E-state index < -0.39 is 0 Å². The van der Waals surface area contributed by atoms with Crippen LogP contribution in [0.25, 0.3) is 55.0 Å². The molecule has 0 amide bonds. The molecule has 8 aromatic carbocycles. The lowest BCUT2D eigenvalue weighted by molar-refractivity contribution is 0.879. The molecule has 0 aromatic heterocycles. The van der Waals surface area contributed by atoms with Gasteiger partial charge in [-0.05, 0) is 168 Å². The highest BCUT2D eigenvalue weighted by molar-refractivity contribution is 6.14. The molecule has 0 aliphatic carbocycles. The van der Waals surface area contributed by atoms with E-state index in [1.165, 1.54) is 111 Å². The maximum atomic E-state index is 6.26. The van der Waals surface area contributed by atoms with Gasteiger partial charge in [0.25, 0.3) is 0 Å². The summed E-state index contributed by atoms with van der Waals surface area (Å²) in [5.74, 6) is 0. The van der Waals surface area contributed by atoms with Crippen LogP contribution in [0.5, 0.6) is 0 Å². The predicted octanol–water partition coefficient (Wildman–Crippen LogP) is 16.6. The molecule has 0 aliphatic heterocycles. The Labute approximate surface area is 359 Å². The molecule has 0 nitrogen and oxygen atoms in total. The second-order valence-electron chi connectivity index (χ2n) is 16.4. The van der Waals surface area contributed by atoms with Crippen LogP contribution in [0.2, 0.25) is 0 Å². The van der Waals surface area contributed by atoms with E-state index in [2.05, 4.69) is 198 Å². The summed E-state index contributed by atoms with van der Waals surface area (Å²) in [6, 6.07) is 63.4. The normalized spacial score (nSPS) is 11.2. The van der Waals surface area contributed by atoms with Crippen molar-refractivity contribution in [2.75, 3.05) is 0 Å². The molecule has 0 bridgehead atoms. The van der Waals surface area contributed by atoms with Gasteiger partial charge >= 0.3 is 0 Å². The maximum absolute atomic E-state index is 6.26. The van der Waals surface area contributed by atoms with Crippen LogP contribution in [0.3, 0.4) is 0 Å². The lowest BCUT2D eigenvalue weighted by atomic mass is 9.82. The molecule has 8 rings (SSSR count). The quantitative estimate of drug-likeness (QED) is 0.102. The number of rotatable bonds is 13. The van der Waals surface area contributed by atoms with Crippen molar-refractivity contribution < 1.29 is 0 Å². The zero-order valence-corrected chi connectivity index (χ0v) is 35.6. The average molecular weight is 775 g/mol. The summed E-state index contributed by atoms with van der Waals surface area (Å²) in [7, 11) is 0. The Bertz CT molecular complexity index is 2510. The number of aryl methyl sites for hydroxylation is 4. The number of fused-ring (bicyclic) bond motifs is 2. The van der Waals surface area contributed by atoms with Crippen LogP contribution in [0.1, 0.15) is 94.2 Å². The fourth-order valence-electron chi connectivity index (χ4n) is 8.85. The van der Waals surface area contributed by atoms with E-state index in [0.717, 1.165) is 25.7 Å². The summed E-state index contributed by atoms with van der Waals surface area (Å²) < 4.78 is 0. The first kappa shape index (κ1) is 40.5. The van der Waals surface area contributed by atoms with E-state index in [1.54, 1.807) is 0 Å². The molecule has 60 heavy (non-hydrogen) atoms. The van der Waals surface area contributed by atoms with E-state index >= 15 is 0 Å². The SMILES string of the molecule is [CH]CCCC(=C(c1ccc(C)cc1)c1ccc(C)cc1)c1ccc(-c2ccc(C(CCC[CH])=C(c3ccc(C)cc3)c3ccc(C)cc3)c3ccccc23)c2ccccc12. The summed E-state index contributed by atoms with van der Waals surface area (Å²) in [5.41, 5.74) is 20.1. The van der Waals surface area contributed by atoms with Gasteiger partial charge in [0.05, 0.1) is 0 Å². The third-order valence-electron chi connectivity index (χ3n) is 12.0. The summed E-state index contributed by atoms with van der Waals surface area (Å²) >= 11 is 0. The maximum Gasteiger partial charge on any atom is -0.00731 e. The van der Waals surface area contributed by atoms with Crippen LogP contribution in [-0.2, 0) is 0 Å². The highest BCUT2D eigenvalue weighted by Gasteiger charge is 2.21. The second-order valence-corrected chi connectivity index (χ2v) is 16.4. The highest BCUT2D eigenvalue weighted by atomic mass is 14.2. The Balaban J connectivity index is 1.37. The molecule has 0 heterocycles. The van der Waals surface area contributed by atoms with Crippen LogP contribution in [0, 0.1) is 41.5 Å². The molecule has 4 radical (unpaired) electrons. The predicted molar refractivity (Wildman–Crippen MR) is 260 cm³/mol. The Morgan fingerprint density at radius 3 is 0.900 bits per heavy atom. The average Bonchev–Trinajstić information content (AvgIpc) is 3.28. The number of benzene rings is 8. The lowest BCUT2D eigenvalue weighted by Gasteiger charge is -2.22. The second kappa shape index (κ2) is 18.4. The van der Waals surface area contributed by atoms with Crippen LogP contribution in [-0.4, -0.2) is 0 Å². The van der Waals surface area contributed by atoms with Gasteiger partial charge in [0.2, 0.25) is 0 Å². The molecule has 0 saturated heterocycles. The number of hydrogen-bond donors (Lipinski definition) is 0. The number of unbranched alkanes of at least 4 members (excludes halogenated alkanes) is 2. The largest absolute Gasteiger partial charge is 0.0616 e. The van der Waals surface area contributed by atoms with Crippen LogP contribution < -0.4 is 0 Å². The lowest BCUT2D eigenvalue weighted by Crippen LogP contribution is -1.99. The smallest absolute Gasteiger partial charge is 0.00731 e. The summed E-state index contributed by atoms with van der Waals surface area (Å²) in [5, 5.41) is 4.97. The van der Waals surface area contributed by atoms with Crippen LogP contribution in [0.15, 0.2) is 170 Å². The van der Waals surface area contributed by atoms with Gasteiger partial charge in [-0.15, -0.1) is 0 Å². The van der Waals surface area contributed by atoms with Crippen molar-refractivity contribution in [1.29, 1.82) is 0 Å². The molecule has 0 aliphatic rings. The van der Waals surface area contributed by atoms with E-state index in [9.17, 15) is 0 Å². The molecule has 0 fully saturated rings. The first-order valence-electron chi connectivity index (χ1n) is 21.5. The molecule has 0 spiro atoms. The van der Waals surface area contributed by atoms with Crippen molar-refractivity contribution in [2.24, 2.45) is 0 Å². The first-order valence-corrected chi connectivity index (χ1v) is 21.5. The van der Waals surface area contributed by atoms with E-state index in [4.69, 9.17) is 13.8 Å². The molecule has 0 heteroatoms. The first-order chi connectivity index (χ1) is 29.3. The van der Waals surface area contributed by atoms with Gasteiger partial charge in [-0.2, -0.15) is 0 Å². The van der Waals surface area contributed by atoms with Gasteiger partial charge in [-0.3, -0.25) is 0 Å². The minimum atomic E-state index is 0.629. The van der Waals surface area contributed by atoms with Gasteiger partial charge in [-0.25, -0.2) is 0 Å². The van der Waals surface area contributed by atoms with Gasteiger partial charge in [-0.1, -0.05) is 192 Å². The van der Waals surface area contributed by atoms with Crippen molar-refractivity contribution in [2.45, 2.75) is 66.2 Å². The van der Waals surface area contributed by atoms with Crippen LogP contribution in [0.4, 0.5) is 0 Å². The molecule has 8 aromatic rings. The molecule has 0 unspecified atom stereocenters. The molecule has 0 saturated carbocycles. The van der Waals surface area contributed by atoms with Crippen molar-refractivity contribution in [3.63, 3.8) is 0 Å². The molecule has 294 valence electrons. The van der Waals surface area contributed by atoms with Crippen molar-refractivity contribution >= 4 is 43.8 Å². The van der Waals surface area contributed by atoms with Crippen molar-refractivity contribution in [3.8, 4) is 11.1 Å². The van der Waals surface area contributed by atoms with Gasteiger partial charge in [0, 0.05) is 0 Å². The Morgan fingerprint density at radius 1 is 0.333 bits per heavy atom. The molecular formula is C60H54. The third kappa shape index (κ3) is 8.43. The van der Waals surface area contributed by atoms with Gasteiger partial charge in [0.15, 0.2) is 0 Å². The summed E-state index contributed by atoms with van der Waals surface area (Å²) in [4.78, 5) is 0. The monoisotopic (exact) mass is 774 g/mol. The van der Waals surface area contributed by atoms with E-state index in [0.29, 0.717) is 12.8 Å². The minimum absolute atomic E-state index is 0.629. The highest BCUT2D eigenvalue weighted by Crippen LogP contribution is 2.45. The van der Waals surface area contributed by atoms with Gasteiger partial charge < -0.3 is 0 Å². The summed E-state index contributed by atoms with van der Waals surface area (Å²) in [6.07, 6.45) is 4.79. The standard InChI is InChI=1S/C60H54/c1-7-9-15-57(59(45-29-21-41(3)22-30-45)46-31-23-42(4)24-32-46)55-39-37-53(49-17-11-13-19-51(49)55)54-38-40-56(52-20-14-12-18-50(52)54)58(16-10-8-2)60(47-33-25-43(5)26-34-47)48-35-27-44(6)28-36-48/h1-2,11-14,17-40H,7-10,15-16H2,3-6H3. The van der Waals surface area contributed by atoms with Crippen LogP contribution >= 0.6 is 0 Å². The number of allylic oxidation sites excluding steroid dienone is 2. The zero-order valence-electron chi connectivity index (χ0n) is 35.6. The van der Waals surface area contributed by atoms with E-state index in [-0.39, 0.29) is 0 Å². The Morgan fingerprint density at radius 2 is 0.617 bits per heavy atom.